The van der Waals surface area contributed by atoms with Gasteiger partial charge in [-0.25, -0.2) is 4.68 Å². The van der Waals surface area contributed by atoms with Crippen molar-refractivity contribution in [2.24, 2.45) is 0 Å². The van der Waals surface area contributed by atoms with E-state index >= 15 is 0 Å². The highest BCUT2D eigenvalue weighted by molar-refractivity contribution is 5.82. The fourth-order valence-corrected chi connectivity index (χ4v) is 2.98. The Hall–Kier alpha value is -2.18. The highest BCUT2D eigenvalue weighted by atomic mass is 16.3. The maximum atomic E-state index is 12.0. The van der Waals surface area contributed by atoms with E-state index in [0.717, 1.165) is 24.2 Å². The molecule has 3 N–H and O–H groups in total. The van der Waals surface area contributed by atoms with Crippen molar-refractivity contribution in [3.8, 4) is 5.69 Å². The van der Waals surface area contributed by atoms with E-state index in [9.17, 15) is 9.90 Å². The number of β-amino-alcohol motifs (C(OH)–C–C–N with tert-alkyl or cyclic N) is 1. The summed E-state index contributed by atoms with van der Waals surface area (Å²) in [7, 11) is 0. The van der Waals surface area contributed by atoms with Gasteiger partial charge in [-0.2, -0.15) is 5.10 Å². The van der Waals surface area contributed by atoms with Gasteiger partial charge in [-0.3, -0.25) is 4.79 Å². The van der Waals surface area contributed by atoms with E-state index in [2.05, 4.69) is 21.9 Å². The van der Waals surface area contributed by atoms with Crippen LogP contribution in [0.3, 0.4) is 0 Å². The summed E-state index contributed by atoms with van der Waals surface area (Å²) >= 11 is 0. The van der Waals surface area contributed by atoms with Crippen molar-refractivity contribution in [1.82, 2.24) is 20.4 Å². The van der Waals surface area contributed by atoms with Crippen LogP contribution in [0.15, 0.2) is 36.5 Å². The van der Waals surface area contributed by atoms with Crippen molar-refractivity contribution in [2.75, 3.05) is 13.1 Å². The maximum Gasteiger partial charge on any atom is 0.237 e. The number of amides is 1. The van der Waals surface area contributed by atoms with Gasteiger partial charge in [0.15, 0.2) is 0 Å². The molecular weight excluding hydrogens is 304 g/mol. The third-order valence-corrected chi connectivity index (χ3v) is 4.37. The molecule has 1 aromatic carbocycles. The van der Waals surface area contributed by atoms with Crippen molar-refractivity contribution in [2.45, 2.75) is 38.3 Å². The highest BCUT2D eigenvalue weighted by Crippen LogP contribution is 2.13. The molecule has 1 aromatic heterocycles. The third kappa shape index (κ3) is 4.01. The van der Waals surface area contributed by atoms with Gasteiger partial charge < -0.3 is 15.7 Å². The van der Waals surface area contributed by atoms with Crippen LogP contribution in [0.4, 0.5) is 0 Å². The summed E-state index contributed by atoms with van der Waals surface area (Å²) in [5, 5.41) is 20.0. The summed E-state index contributed by atoms with van der Waals surface area (Å²) in [5.74, 6) is -0.0248. The Morgan fingerprint density at radius 1 is 1.42 bits per heavy atom. The molecule has 1 saturated heterocycles. The van der Waals surface area contributed by atoms with E-state index < -0.39 is 6.10 Å². The molecule has 2 aromatic rings. The molecule has 2 atom stereocenters. The molecule has 1 fully saturated rings. The second-order valence-electron chi connectivity index (χ2n) is 6.26. The van der Waals surface area contributed by atoms with E-state index in [-0.39, 0.29) is 11.9 Å². The average Bonchev–Trinajstić information content (AvgIpc) is 3.18. The minimum absolute atomic E-state index is 0.0248. The van der Waals surface area contributed by atoms with Crippen LogP contribution < -0.4 is 10.6 Å². The molecule has 24 heavy (non-hydrogen) atoms. The first-order valence-corrected chi connectivity index (χ1v) is 8.43. The molecule has 1 aliphatic rings. The lowest BCUT2D eigenvalue weighted by molar-refractivity contribution is -0.122. The normalized spacial score (nSPS) is 20.2. The maximum absolute atomic E-state index is 12.0. The zero-order valence-corrected chi connectivity index (χ0v) is 13.9. The minimum atomic E-state index is -0.410. The number of aryl methyl sites for hydroxylation is 2. The number of aromatic nitrogens is 2. The third-order valence-electron chi connectivity index (χ3n) is 4.37. The van der Waals surface area contributed by atoms with Gasteiger partial charge in [0.25, 0.3) is 0 Å². The van der Waals surface area contributed by atoms with Crippen LogP contribution in [-0.4, -0.2) is 46.0 Å². The SMILES string of the molecule is Cc1nn(-c2ccccc2)cc1CCCNC(=O)[C@H]1C[C@@H](O)CN1. The highest BCUT2D eigenvalue weighted by Gasteiger charge is 2.27. The monoisotopic (exact) mass is 328 g/mol. The molecule has 1 aliphatic heterocycles. The topological polar surface area (TPSA) is 79.2 Å². The van der Waals surface area contributed by atoms with Crippen LogP contribution in [0.5, 0.6) is 0 Å². The molecule has 0 aliphatic carbocycles. The van der Waals surface area contributed by atoms with E-state index in [0.29, 0.717) is 19.5 Å². The number of aliphatic hydroxyl groups excluding tert-OH is 1. The van der Waals surface area contributed by atoms with Crippen LogP contribution in [0.2, 0.25) is 0 Å². The molecule has 128 valence electrons. The van der Waals surface area contributed by atoms with Crippen molar-refractivity contribution in [1.29, 1.82) is 0 Å². The number of hydrogen-bond acceptors (Lipinski definition) is 4. The van der Waals surface area contributed by atoms with Crippen LogP contribution in [0.1, 0.15) is 24.1 Å². The second kappa shape index (κ2) is 7.59. The lowest BCUT2D eigenvalue weighted by atomic mass is 10.1. The predicted molar refractivity (Wildman–Crippen MR) is 92.0 cm³/mol. The molecule has 0 saturated carbocycles. The second-order valence-corrected chi connectivity index (χ2v) is 6.26. The van der Waals surface area contributed by atoms with Crippen LogP contribution >= 0.6 is 0 Å². The zero-order valence-electron chi connectivity index (χ0n) is 13.9. The minimum Gasteiger partial charge on any atom is -0.392 e. The van der Waals surface area contributed by atoms with E-state index in [1.807, 2.05) is 41.9 Å². The first kappa shape index (κ1) is 16.7. The van der Waals surface area contributed by atoms with Gasteiger partial charge in [0.05, 0.1) is 23.5 Å². The van der Waals surface area contributed by atoms with Crippen molar-refractivity contribution >= 4 is 5.91 Å². The van der Waals surface area contributed by atoms with Gasteiger partial charge in [0.2, 0.25) is 5.91 Å². The molecular formula is C18H24N4O2. The molecule has 1 amide bonds. The summed E-state index contributed by atoms with van der Waals surface area (Å²) in [4.78, 5) is 12.0. The number of nitrogens with zero attached hydrogens (tertiary/aromatic N) is 2. The Kier molecular flexibility index (Phi) is 5.27. The Labute approximate surface area is 141 Å². The summed E-state index contributed by atoms with van der Waals surface area (Å²) in [6.45, 7) is 3.14. The van der Waals surface area contributed by atoms with Gasteiger partial charge >= 0.3 is 0 Å². The number of nitrogens with one attached hydrogen (secondary N) is 2. The van der Waals surface area contributed by atoms with Gasteiger partial charge in [-0.1, -0.05) is 18.2 Å². The van der Waals surface area contributed by atoms with Crippen LogP contribution in [-0.2, 0) is 11.2 Å². The van der Waals surface area contributed by atoms with Crippen LogP contribution in [0.25, 0.3) is 5.69 Å². The van der Waals surface area contributed by atoms with Crippen LogP contribution in [0, 0.1) is 6.92 Å². The lowest BCUT2D eigenvalue weighted by Gasteiger charge is -2.10. The molecule has 0 radical (unpaired) electrons. The lowest BCUT2D eigenvalue weighted by Crippen LogP contribution is -2.40. The molecule has 6 nitrogen and oxygen atoms in total. The van der Waals surface area contributed by atoms with E-state index in [1.54, 1.807) is 0 Å². The number of carbonyl (C=O) groups excluding carboxylic acids is 1. The smallest absolute Gasteiger partial charge is 0.237 e. The first-order valence-electron chi connectivity index (χ1n) is 8.43. The largest absolute Gasteiger partial charge is 0.392 e. The molecule has 6 heteroatoms. The number of carbonyl (C=O) groups is 1. The fourth-order valence-electron chi connectivity index (χ4n) is 2.98. The quantitative estimate of drug-likeness (QED) is 0.690. The van der Waals surface area contributed by atoms with Gasteiger partial charge in [-0.15, -0.1) is 0 Å². The van der Waals surface area contributed by atoms with Gasteiger partial charge in [0.1, 0.15) is 0 Å². The Balaban J connectivity index is 1.47. The Bertz CT molecular complexity index is 684. The molecule has 3 rings (SSSR count). The van der Waals surface area contributed by atoms with Crippen molar-refractivity contribution < 1.29 is 9.90 Å². The van der Waals surface area contributed by atoms with E-state index in [4.69, 9.17) is 0 Å². The molecule has 0 unspecified atom stereocenters. The zero-order chi connectivity index (χ0) is 16.9. The Morgan fingerprint density at radius 3 is 2.92 bits per heavy atom. The number of benzene rings is 1. The number of hydrogen-bond donors (Lipinski definition) is 3. The fraction of sp³-hybridized carbons (Fsp3) is 0.444. The van der Waals surface area contributed by atoms with Gasteiger partial charge in [0, 0.05) is 19.3 Å². The molecule has 0 spiro atoms. The summed E-state index contributed by atoms with van der Waals surface area (Å²) in [6.07, 6.45) is 3.88. The summed E-state index contributed by atoms with van der Waals surface area (Å²) < 4.78 is 1.90. The predicted octanol–water partition coefficient (Wildman–Crippen LogP) is 0.952. The number of rotatable bonds is 6. The van der Waals surface area contributed by atoms with Gasteiger partial charge in [-0.05, 0) is 43.9 Å². The Morgan fingerprint density at radius 2 is 2.21 bits per heavy atom. The average molecular weight is 328 g/mol. The first-order chi connectivity index (χ1) is 11.6. The number of aliphatic hydroxyl groups is 1. The molecule has 0 bridgehead atoms. The molecule has 2 heterocycles. The summed E-state index contributed by atoms with van der Waals surface area (Å²) in [5.41, 5.74) is 3.26. The summed E-state index contributed by atoms with van der Waals surface area (Å²) in [6, 6.07) is 9.77. The van der Waals surface area contributed by atoms with E-state index in [1.165, 1.54) is 5.56 Å². The van der Waals surface area contributed by atoms with Crippen molar-refractivity contribution in [3.63, 3.8) is 0 Å². The number of para-hydroxylation sites is 1. The van der Waals surface area contributed by atoms with Crippen molar-refractivity contribution in [3.05, 3.63) is 47.8 Å². The standard InChI is InChI=1S/C18H24N4O2/c1-13-14(12-22(21-13)15-7-3-2-4-8-15)6-5-9-19-18(24)17-10-16(23)11-20-17/h2-4,7-8,12,16-17,20,23H,5-6,9-11H2,1H3,(H,19,24)/t16-,17-/m1/s1.